The van der Waals surface area contributed by atoms with Gasteiger partial charge in [0, 0.05) is 13.1 Å². The predicted octanol–water partition coefficient (Wildman–Crippen LogP) is 3.73. The number of carbonyl (C=O) groups is 1. The largest absolute Gasteiger partial charge is 0.455 e. The summed E-state index contributed by atoms with van der Waals surface area (Å²) >= 11 is 1.58. The molecule has 1 atom stereocenters. The van der Waals surface area contributed by atoms with Crippen molar-refractivity contribution in [1.29, 1.82) is 0 Å². The van der Waals surface area contributed by atoms with Crippen molar-refractivity contribution in [2.75, 3.05) is 12.8 Å². The second-order valence-electron chi connectivity index (χ2n) is 5.86. The average Bonchev–Trinajstić information content (AvgIpc) is 3.11. The van der Waals surface area contributed by atoms with Crippen molar-refractivity contribution in [3.63, 3.8) is 0 Å². The molecule has 9 heteroatoms. The summed E-state index contributed by atoms with van der Waals surface area (Å²) in [7, 11) is 0. The maximum absolute atomic E-state index is 13.0. The topological polar surface area (TPSA) is 60.1 Å². The minimum Gasteiger partial charge on any atom is -0.455 e. The van der Waals surface area contributed by atoms with Crippen molar-refractivity contribution in [3.8, 4) is 0 Å². The van der Waals surface area contributed by atoms with Crippen LogP contribution in [0.5, 0.6) is 0 Å². The van der Waals surface area contributed by atoms with Crippen LogP contribution in [-0.4, -0.2) is 28.5 Å². The minimum atomic E-state index is -4.45. The van der Waals surface area contributed by atoms with Crippen molar-refractivity contribution in [2.24, 2.45) is 5.92 Å². The van der Waals surface area contributed by atoms with Crippen molar-refractivity contribution in [3.05, 3.63) is 41.1 Å². The zero-order valence-electron chi connectivity index (χ0n) is 14.2. The summed E-state index contributed by atoms with van der Waals surface area (Å²) in [5.74, 6) is 0.953. The van der Waals surface area contributed by atoms with Crippen LogP contribution < -0.4 is 5.32 Å². The van der Waals surface area contributed by atoms with Crippen LogP contribution in [0.3, 0.4) is 0 Å². The van der Waals surface area contributed by atoms with Crippen molar-refractivity contribution in [2.45, 2.75) is 32.3 Å². The van der Waals surface area contributed by atoms with Gasteiger partial charge < -0.3 is 9.73 Å². The van der Waals surface area contributed by atoms with Crippen LogP contribution in [0.4, 0.5) is 13.2 Å². The Balaban J connectivity index is 1.92. The number of carbonyl (C=O) groups excluding carboxylic acids is 1. The van der Waals surface area contributed by atoms with E-state index in [1.165, 1.54) is 6.92 Å². The molecule has 2 aromatic rings. The Bertz CT molecular complexity index is 725. The van der Waals surface area contributed by atoms with Gasteiger partial charge in [0.2, 0.25) is 0 Å². The molecule has 25 heavy (non-hydrogen) atoms. The van der Waals surface area contributed by atoms with Gasteiger partial charge in [-0.3, -0.25) is 9.48 Å². The number of aryl methyl sites for hydroxylation is 1. The molecule has 0 saturated heterocycles. The molecule has 2 rings (SSSR count). The van der Waals surface area contributed by atoms with E-state index in [1.54, 1.807) is 30.8 Å². The highest BCUT2D eigenvalue weighted by atomic mass is 32.2. The molecule has 0 aliphatic rings. The fraction of sp³-hybridized carbons (Fsp3) is 0.500. The molecule has 1 N–H and O–H groups in total. The van der Waals surface area contributed by atoms with Crippen LogP contribution in [0.25, 0.3) is 0 Å². The summed E-state index contributed by atoms with van der Waals surface area (Å²) in [6, 6.07) is 4.34. The number of hydrogen-bond acceptors (Lipinski definition) is 4. The smallest absolute Gasteiger partial charge is 0.433 e. The Kier molecular flexibility index (Phi) is 6.21. The Morgan fingerprint density at radius 1 is 1.44 bits per heavy atom. The first-order chi connectivity index (χ1) is 11.7. The molecule has 0 radical (unpaired) electrons. The van der Waals surface area contributed by atoms with E-state index in [1.807, 2.05) is 6.26 Å². The number of aromatic nitrogens is 2. The fourth-order valence-electron chi connectivity index (χ4n) is 2.35. The van der Waals surface area contributed by atoms with Crippen LogP contribution in [0.1, 0.15) is 34.6 Å². The number of thioether (sulfide) groups is 1. The maximum atomic E-state index is 13.0. The molecule has 5 nitrogen and oxygen atoms in total. The Morgan fingerprint density at radius 2 is 2.16 bits per heavy atom. The molecule has 2 heterocycles. The molecule has 0 fully saturated rings. The highest BCUT2D eigenvalue weighted by Gasteiger charge is 2.35. The highest BCUT2D eigenvalue weighted by molar-refractivity contribution is 7.97. The number of alkyl halides is 3. The molecular formula is C16H20F3N3O2S. The van der Waals surface area contributed by atoms with Gasteiger partial charge >= 0.3 is 6.18 Å². The summed E-state index contributed by atoms with van der Waals surface area (Å²) in [6.45, 7) is 3.53. The van der Waals surface area contributed by atoms with E-state index in [4.69, 9.17) is 4.42 Å². The minimum absolute atomic E-state index is 0.0544. The van der Waals surface area contributed by atoms with Crippen LogP contribution in [0, 0.1) is 12.8 Å². The van der Waals surface area contributed by atoms with E-state index >= 15 is 0 Å². The van der Waals surface area contributed by atoms with E-state index in [0.29, 0.717) is 17.2 Å². The van der Waals surface area contributed by atoms with Crippen LogP contribution in [0.15, 0.2) is 22.6 Å². The van der Waals surface area contributed by atoms with Gasteiger partial charge in [-0.05, 0) is 37.3 Å². The quantitative estimate of drug-likeness (QED) is 0.801. The predicted molar refractivity (Wildman–Crippen MR) is 89.4 cm³/mol. The first kappa shape index (κ1) is 19.4. The van der Waals surface area contributed by atoms with Crippen LogP contribution in [-0.2, 0) is 18.5 Å². The number of halogens is 3. The van der Waals surface area contributed by atoms with Gasteiger partial charge in [-0.15, -0.1) is 0 Å². The molecule has 1 unspecified atom stereocenters. The third-order valence-corrected chi connectivity index (χ3v) is 4.03. The number of hydrogen-bond donors (Lipinski definition) is 1. The number of rotatable bonds is 7. The van der Waals surface area contributed by atoms with Gasteiger partial charge in [-0.2, -0.15) is 30.0 Å². The molecule has 138 valence electrons. The summed E-state index contributed by atoms with van der Waals surface area (Å²) in [6.07, 6.45) is -2.53. The summed E-state index contributed by atoms with van der Waals surface area (Å²) in [5, 5.41) is 6.57. The lowest BCUT2D eigenvalue weighted by molar-refractivity contribution is -0.144. The average molecular weight is 375 g/mol. The molecule has 0 aromatic carbocycles. The molecule has 0 aliphatic carbocycles. The van der Waals surface area contributed by atoms with E-state index < -0.39 is 11.9 Å². The fourth-order valence-corrected chi connectivity index (χ4v) is 2.79. The van der Waals surface area contributed by atoms with E-state index in [0.717, 1.165) is 10.7 Å². The van der Waals surface area contributed by atoms with Gasteiger partial charge in [0.15, 0.2) is 5.76 Å². The molecule has 0 bridgehead atoms. The van der Waals surface area contributed by atoms with Gasteiger partial charge in [0.1, 0.15) is 11.5 Å². The van der Waals surface area contributed by atoms with Crippen molar-refractivity contribution >= 4 is 17.7 Å². The van der Waals surface area contributed by atoms with Crippen LogP contribution in [0.2, 0.25) is 0 Å². The number of amides is 1. The lowest BCUT2D eigenvalue weighted by Crippen LogP contribution is -2.30. The normalized spacial score (nSPS) is 13.0. The van der Waals surface area contributed by atoms with Crippen molar-refractivity contribution < 1.29 is 22.4 Å². The molecule has 0 spiro atoms. The first-order valence-electron chi connectivity index (χ1n) is 7.68. The number of nitrogens with one attached hydrogen (secondary N) is 1. The third-order valence-electron chi connectivity index (χ3n) is 3.46. The molecule has 2 aromatic heterocycles. The molecular weight excluding hydrogens is 355 g/mol. The Hall–Kier alpha value is -1.90. The molecule has 1 amide bonds. The summed E-state index contributed by atoms with van der Waals surface area (Å²) in [4.78, 5) is 12.0. The van der Waals surface area contributed by atoms with Crippen molar-refractivity contribution in [1.82, 2.24) is 15.1 Å². The van der Waals surface area contributed by atoms with E-state index in [-0.39, 0.29) is 30.7 Å². The zero-order valence-corrected chi connectivity index (χ0v) is 15.0. The molecule has 0 saturated carbocycles. The maximum Gasteiger partial charge on any atom is 0.433 e. The number of furan rings is 1. The van der Waals surface area contributed by atoms with E-state index in [2.05, 4.69) is 10.4 Å². The standard InChI is InChI=1S/C16H20F3N3O2S/c1-10(8-22-14(16(17,18)19)6-11(2)21-22)7-20-15(23)13-5-4-12(24-13)9-25-3/h4-6,10H,7-9H2,1-3H3,(H,20,23). The number of nitrogens with zero attached hydrogens (tertiary/aromatic N) is 2. The monoisotopic (exact) mass is 375 g/mol. The third kappa shape index (κ3) is 5.29. The van der Waals surface area contributed by atoms with Gasteiger partial charge in [0.25, 0.3) is 5.91 Å². The lowest BCUT2D eigenvalue weighted by Gasteiger charge is -2.15. The molecule has 0 aliphatic heterocycles. The lowest BCUT2D eigenvalue weighted by atomic mass is 10.2. The zero-order chi connectivity index (χ0) is 18.6. The summed E-state index contributed by atoms with van der Waals surface area (Å²) < 4.78 is 45.2. The van der Waals surface area contributed by atoms with E-state index in [9.17, 15) is 18.0 Å². The SMILES string of the molecule is CSCc1ccc(C(=O)NCC(C)Cn2nc(C)cc2C(F)(F)F)o1. The summed E-state index contributed by atoms with van der Waals surface area (Å²) in [5.41, 5.74) is -0.476. The second-order valence-corrected chi connectivity index (χ2v) is 6.73. The second kappa shape index (κ2) is 7.99. The van der Waals surface area contributed by atoms with Gasteiger partial charge in [0.05, 0.1) is 11.4 Å². The first-order valence-corrected chi connectivity index (χ1v) is 9.07. The van der Waals surface area contributed by atoms with Gasteiger partial charge in [-0.25, -0.2) is 0 Å². The Labute approximate surface area is 148 Å². The Morgan fingerprint density at radius 3 is 2.80 bits per heavy atom. The highest BCUT2D eigenvalue weighted by Crippen LogP contribution is 2.30. The van der Waals surface area contributed by atoms with Gasteiger partial charge in [-0.1, -0.05) is 6.92 Å². The van der Waals surface area contributed by atoms with Crippen LogP contribution >= 0.6 is 11.8 Å².